The zero-order valence-electron chi connectivity index (χ0n) is 13.1. The maximum atomic E-state index is 5.97. The van der Waals surface area contributed by atoms with Gasteiger partial charge in [-0.3, -0.25) is 4.90 Å². The fourth-order valence-electron chi connectivity index (χ4n) is 2.88. The van der Waals surface area contributed by atoms with Gasteiger partial charge in [-0.25, -0.2) is 0 Å². The Bertz CT molecular complexity index is 550. The molecule has 0 bridgehead atoms. The zero-order valence-corrected chi connectivity index (χ0v) is 13.1. The molecule has 1 unspecified atom stereocenters. The monoisotopic (exact) mass is 295 g/mol. The maximum Gasteiger partial charge on any atom is 0.119 e. The number of nitrogens with zero attached hydrogens (tertiary/aromatic N) is 2. The van der Waals surface area contributed by atoms with Gasteiger partial charge < -0.3 is 9.64 Å². The van der Waals surface area contributed by atoms with E-state index < -0.39 is 0 Å². The van der Waals surface area contributed by atoms with Crippen LogP contribution in [0.4, 0.5) is 5.69 Å². The summed E-state index contributed by atoms with van der Waals surface area (Å²) in [4.78, 5) is 4.88. The summed E-state index contributed by atoms with van der Waals surface area (Å²) in [7, 11) is 0. The van der Waals surface area contributed by atoms with Gasteiger partial charge in [0.1, 0.15) is 11.9 Å². The molecule has 3 nitrogen and oxygen atoms in total. The van der Waals surface area contributed by atoms with E-state index in [0.29, 0.717) is 0 Å². The standard InChI is InChI=1S/C19H23N2O/c1-17(22-19-10-6-3-7-11-19)16-20-12-14-21(15-13-20)18-8-4-2-5-9-18/h2-8,10-11,17H,12-16H2,1H3. The average Bonchev–Trinajstić information content (AvgIpc) is 2.57. The highest BCUT2D eigenvalue weighted by Crippen LogP contribution is 2.16. The number of anilines is 1. The summed E-state index contributed by atoms with van der Waals surface area (Å²) in [6.07, 6.45) is 0.206. The highest BCUT2D eigenvalue weighted by molar-refractivity contribution is 5.45. The summed E-state index contributed by atoms with van der Waals surface area (Å²) in [5.74, 6) is 0.951. The van der Waals surface area contributed by atoms with E-state index in [-0.39, 0.29) is 6.10 Å². The second-order valence-electron chi connectivity index (χ2n) is 5.78. The molecule has 0 aliphatic carbocycles. The normalized spacial score (nSPS) is 17.2. The lowest BCUT2D eigenvalue weighted by molar-refractivity contribution is 0.140. The molecule has 0 aromatic heterocycles. The lowest BCUT2D eigenvalue weighted by Crippen LogP contribution is -2.49. The van der Waals surface area contributed by atoms with Crippen LogP contribution in [0.1, 0.15) is 6.92 Å². The van der Waals surface area contributed by atoms with E-state index in [1.807, 2.05) is 42.5 Å². The van der Waals surface area contributed by atoms with Gasteiger partial charge in [0, 0.05) is 44.5 Å². The molecule has 1 atom stereocenters. The van der Waals surface area contributed by atoms with Crippen LogP contribution in [0.15, 0.2) is 54.6 Å². The highest BCUT2D eigenvalue weighted by atomic mass is 16.5. The second-order valence-corrected chi connectivity index (χ2v) is 5.78. The van der Waals surface area contributed by atoms with Crippen LogP contribution >= 0.6 is 0 Å². The fourth-order valence-corrected chi connectivity index (χ4v) is 2.88. The van der Waals surface area contributed by atoms with Crippen molar-refractivity contribution in [2.45, 2.75) is 13.0 Å². The Hall–Kier alpha value is -2.00. The molecule has 2 aromatic rings. The molecular weight excluding hydrogens is 272 g/mol. The Morgan fingerprint density at radius 1 is 1.00 bits per heavy atom. The van der Waals surface area contributed by atoms with Gasteiger partial charge in [0.2, 0.25) is 0 Å². The molecule has 22 heavy (non-hydrogen) atoms. The quantitative estimate of drug-likeness (QED) is 0.843. The second kappa shape index (κ2) is 7.32. The van der Waals surface area contributed by atoms with Crippen LogP contribution in [0, 0.1) is 6.07 Å². The summed E-state index contributed by atoms with van der Waals surface area (Å²) in [5.41, 5.74) is 1.20. The third-order valence-electron chi connectivity index (χ3n) is 4.00. The van der Waals surface area contributed by atoms with E-state index in [1.165, 1.54) is 5.69 Å². The highest BCUT2D eigenvalue weighted by Gasteiger charge is 2.19. The van der Waals surface area contributed by atoms with Crippen molar-refractivity contribution in [3.05, 3.63) is 60.7 Å². The molecule has 1 saturated heterocycles. The molecular formula is C19H23N2O. The minimum Gasteiger partial charge on any atom is -0.489 e. The van der Waals surface area contributed by atoms with Gasteiger partial charge in [0.25, 0.3) is 0 Å². The molecule has 1 aliphatic heterocycles. The molecule has 3 rings (SSSR count). The van der Waals surface area contributed by atoms with E-state index in [0.717, 1.165) is 38.5 Å². The van der Waals surface area contributed by atoms with E-state index in [4.69, 9.17) is 4.74 Å². The summed E-state index contributed by atoms with van der Waals surface area (Å²) >= 11 is 0. The molecule has 0 amide bonds. The van der Waals surface area contributed by atoms with Crippen molar-refractivity contribution in [3.8, 4) is 5.75 Å². The Morgan fingerprint density at radius 2 is 1.73 bits per heavy atom. The van der Waals surface area contributed by atoms with Crippen LogP contribution in [-0.2, 0) is 0 Å². The molecule has 1 fully saturated rings. The van der Waals surface area contributed by atoms with Crippen molar-refractivity contribution in [2.24, 2.45) is 0 Å². The number of benzene rings is 2. The molecule has 0 saturated carbocycles. The van der Waals surface area contributed by atoms with Gasteiger partial charge in [-0.2, -0.15) is 0 Å². The van der Waals surface area contributed by atoms with Crippen LogP contribution in [0.3, 0.4) is 0 Å². The van der Waals surface area contributed by atoms with E-state index in [9.17, 15) is 0 Å². The van der Waals surface area contributed by atoms with Crippen LogP contribution in [-0.4, -0.2) is 43.7 Å². The third kappa shape index (κ3) is 4.01. The number of rotatable bonds is 5. The fraction of sp³-hybridized carbons (Fsp3) is 0.368. The molecule has 2 aromatic carbocycles. The molecule has 1 aliphatic rings. The van der Waals surface area contributed by atoms with E-state index in [1.54, 1.807) is 0 Å². The molecule has 1 heterocycles. The van der Waals surface area contributed by atoms with Crippen molar-refractivity contribution in [2.75, 3.05) is 37.6 Å². The van der Waals surface area contributed by atoms with Gasteiger partial charge >= 0.3 is 0 Å². The van der Waals surface area contributed by atoms with Crippen molar-refractivity contribution in [1.82, 2.24) is 4.90 Å². The molecule has 115 valence electrons. The summed E-state index contributed by atoms with van der Waals surface area (Å²) in [6, 6.07) is 21.6. The van der Waals surface area contributed by atoms with Crippen LogP contribution in [0.5, 0.6) is 5.75 Å². The number of hydrogen-bond donors (Lipinski definition) is 0. The largest absolute Gasteiger partial charge is 0.489 e. The number of ether oxygens (including phenoxy) is 1. The number of hydrogen-bond acceptors (Lipinski definition) is 3. The number of para-hydroxylation sites is 2. The first-order chi connectivity index (χ1) is 10.8. The van der Waals surface area contributed by atoms with E-state index in [2.05, 4.69) is 34.9 Å². The zero-order chi connectivity index (χ0) is 15.2. The predicted molar refractivity (Wildman–Crippen MR) is 90.5 cm³/mol. The Kier molecular flexibility index (Phi) is 4.96. The predicted octanol–water partition coefficient (Wildman–Crippen LogP) is 3.08. The SMILES string of the molecule is CC(CN1CCN(c2[c]cccc2)CC1)Oc1ccccc1. The van der Waals surface area contributed by atoms with Gasteiger partial charge in [0.05, 0.1) is 0 Å². The van der Waals surface area contributed by atoms with Gasteiger partial charge in [-0.05, 0) is 25.1 Å². The molecule has 0 N–H and O–H groups in total. The Morgan fingerprint density at radius 3 is 2.41 bits per heavy atom. The van der Waals surface area contributed by atoms with Crippen molar-refractivity contribution in [1.29, 1.82) is 0 Å². The lowest BCUT2D eigenvalue weighted by Gasteiger charge is -2.37. The van der Waals surface area contributed by atoms with Crippen LogP contribution in [0.25, 0.3) is 0 Å². The van der Waals surface area contributed by atoms with E-state index >= 15 is 0 Å². The first-order valence-electron chi connectivity index (χ1n) is 7.97. The first kappa shape index (κ1) is 14.9. The smallest absolute Gasteiger partial charge is 0.119 e. The Labute approximate surface area is 133 Å². The Balaban J connectivity index is 1.46. The molecule has 1 radical (unpaired) electrons. The van der Waals surface area contributed by atoms with Gasteiger partial charge in [-0.1, -0.05) is 36.4 Å². The van der Waals surface area contributed by atoms with Crippen molar-refractivity contribution < 1.29 is 4.74 Å². The summed E-state index contributed by atoms with van der Waals surface area (Å²) < 4.78 is 5.97. The number of piperazine rings is 1. The van der Waals surface area contributed by atoms with Crippen LogP contribution < -0.4 is 9.64 Å². The van der Waals surface area contributed by atoms with Crippen LogP contribution in [0.2, 0.25) is 0 Å². The minimum absolute atomic E-state index is 0.206. The van der Waals surface area contributed by atoms with Crippen molar-refractivity contribution in [3.63, 3.8) is 0 Å². The molecule has 0 spiro atoms. The summed E-state index contributed by atoms with van der Waals surface area (Å²) in [5, 5.41) is 0. The maximum absolute atomic E-state index is 5.97. The first-order valence-corrected chi connectivity index (χ1v) is 7.97. The molecule has 3 heteroatoms. The average molecular weight is 295 g/mol. The van der Waals surface area contributed by atoms with Gasteiger partial charge in [-0.15, -0.1) is 0 Å². The minimum atomic E-state index is 0.206. The topological polar surface area (TPSA) is 15.7 Å². The van der Waals surface area contributed by atoms with Gasteiger partial charge in [0.15, 0.2) is 0 Å². The third-order valence-corrected chi connectivity index (χ3v) is 4.00. The summed E-state index contributed by atoms with van der Waals surface area (Å²) in [6.45, 7) is 7.37. The van der Waals surface area contributed by atoms with Crippen molar-refractivity contribution >= 4 is 5.69 Å². The lowest BCUT2D eigenvalue weighted by atomic mass is 10.2.